The SMILES string of the molecule is CCNC(=O)C1(NC(=O)[C@H](C)c2ccc(CC)cc2)CCCC1. The van der Waals surface area contributed by atoms with E-state index in [1.165, 1.54) is 5.56 Å². The zero-order valence-corrected chi connectivity index (χ0v) is 14.4. The van der Waals surface area contributed by atoms with Crippen LogP contribution in [0.4, 0.5) is 0 Å². The smallest absolute Gasteiger partial charge is 0.245 e. The van der Waals surface area contributed by atoms with Crippen LogP contribution in [-0.2, 0) is 16.0 Å². The van der Waals surface area contributed by atoms with Gasteiger partial charge in [0.25, 0.3) is 0 Å². The Bertz CT molecular complexity index is 545. The highest BCUT2D eigenvalue weighted by Gasteiger charge is 2.42. The quantitative estimate of drug-likeness (QED) is 0.848. The van der Waals surface area contributed by atoms with E-state index in [9.17, 15) is 9.59 Å². The molecule has 1 aliphatic carbocycles. The maximum atomic E-state index is 12.7. The molecule has 0 spiro atoms. The monoisotopic (exact) mass is 316 g/mol. The van der Waals surface area contributed by atoms with Crippen LogP contribution in [-0.4, -0.2) is 23.9 Å². The van der Waals surface area contributed by atoms with E-state index >= 15 is 0 Å². The van der Waals surface area contributed by atoms with Crippen molar-refractivity contribution in [1.82, 2.24) is 10.6 Å². The number of rotatable bonds is 6. The Hall–Kier alpha value is -1.84. The lowest BCUT2D eigenvalue weighted by Gasteiger charge is -2.30. The van der Waals surface area contributed by atoms with Crippen molar-refractivity contribution in [3.63, 3.8) is 0 Å². The van der Waals surface area contributed by atoms with E-state index < -0.39 is 5.54 Å². The molecule has 0 saturated heterocycles. The van der Waals surface area contributed by atoms with Gasteiger partial charge in [0.1, 0.15) is 5.54 Å². The second-order valence-electron chi connectivity index (χ2n) is 6.45. The molecule has 23 heavy (non-hydrogen) atoms. The average molecular weight is 316 g/mol. The molecule has 0 heterocycles. The summed E-state index contributed by atoms with van der Waals surface area (Å²) in [5, 5.41) is 5.93. The Morgan fingerprint density at radius 1 is 1.13 bits per heavy atom. The average Bonchev–Trinajstić information content (AvgIpc) is 3.04. The third-order valence-corrected chi connectivity index (χ3v) is 4.87. The van der Waals surface area contributed by atoms with E-state index in [-0.39, 0.29) is 17.7 Å². The van der Waals surface area contributed by atoms with Gasteiger partial charge in [-0.15, -0.1) is 0 Å². The summed E-state index contributed by atoms with van der Waals surface area (Å²) in [5.74, 6) is -0.366. The van der Waals surface area contributed by atoms with E-state index in [0.717, 1.165) is 37.7 Å². The molecule has 0 unspecified atom stereocenters. The van der Waals surface area contributed by atoms with Crippen LogP contribution >= 0.6 is 0 Å². The molecule has 4 heteroatoms. The maximum Gasteiger partial charge on any atom is 0.245 e. The number of hydrogen-bond acceptors (Lipinski definition) is 2. The first-order valence-corrected chi connectivity index (χ1v) is 8.71. The predicted molar refractivity (Wildman–Crippen MR) is 92.3 cm³/mol. The molecular weight excluding hydrogens is 288 g/mol. The summed E-state index contributed by atoms with van der Waals surface area (Å²) in [4.78, 5) is 25.1. The summed E-state index contributed by atoms with van der Waals surface area (Å²) in [6, 6.07) is 8.15. The van der Waals surface area contributed by atoms with Crippen molar-refractivity contribution in [3.05, 3.63) is 35.4 Å². The van der Waals surface area contributed by atoms with Crippen molar-refractivity contribution >= 4 is 11.8 Å². The predicted octanol–water partition coefficient (Wildman–Crippen LogP) is 2.92. The third-order valence-electron chi connectivity index (χ3n) is 4.87. The van der Waals surface area contributed by atoms with Crippen molar-refractivity contribution in [2.24, 2.45) is 0 Å². The zero-order chi connectivity index (χ0) is 16.9. The van der Waals surface area contributed by atoms with Crippen molar-refractivity contribution < 1.29 is 9.59 Å². The van der Waals surface area contributed by atoms with E-state index in [0.29, 0.717) is 6.54 Å². The Kier molecular flexibility index (Phi) is 5.80. The number of carbonyl (C=O) groups excluding carboxylic acids is 2. The van der Waals surface area contributed by atoms with Crippen LogP contribution in [0.2, 0.25) is 0 Å². The van der Waals surface area contributed by atoms with Crippen LogP contribution in [0.1, 0.15) is 63.5 Å². The van der Waals surface area contributed by atoms with Gasteiger partial charge in [-0.2, -0.15) is 0 Å². The molecule has 2 amide bonds. The summed E-state index contributed by atoms with van der Waals surface area (Å²) in [5.41, 5.74) is 1.53. The van der Waals surface area contributed by atoms with Gasteiger partial charge in [-0.1, -0.05) is 44.0 Å². The standard InChI is InChI=1S/C19H28N2O2/c1-4-15-8-10-16(11-9-15)14(3)17(22)21-19(12-6-7-13-19)18(23)20-5-2/h8-11,14H,4-7,12-13H2,1-3H3,(H,20,23)(H,21,22)/t14-/m1/s1. The van der Waals surface area contributed by atoms with Crippen LogP contribution in [0.25, 0.3) is 0 Å². The van der Waals surface area contributed by atoms with Gasteiger partial charge in [-0.05, 0) is 44.2 Å². The van der Waals surface area contributed by atoms with E-state index in [1.54, 1.807) is 0 Å². The molecule has 1 atom stereocenters. The minimum absolute atomic E-state index is 0.0422. The summed E-state index contributed by atoms with van der Waals surface area (Å²) in [6.45, 7) is 6.50. The molecule has 2 rings (SSSR count). The van der Waals surface area contributed by atoms with Crippen molar-refractivity contribution in [2.45, 2.75) is 64.3 Å². The van der Waals surface area contributed by atoms with Gasteiger partial charge >= 0.3 is 0 Å². The molecule has 4 nitrogen and oxygen atoms in total. The van der Waals surface area contributed by atoms with Crippen LogP contribution in [0, 0.1) is 0 Å². The first-order chi connectivity index (χ1) is 11.0. The molecule has 0 aromatic heterocycles. The summed E-state index contributed by atoms with van der Waals surface area (Å²) < 4.78 is 0. The van der Waals surface area contributed by atoms with Gasteiger partial charge in [0.05, 0.1) is 5.92 Å². The highest BCUT2D eigenvalue weighted by Crippen LogP contribution is 2.31. The zero-order valence-electron chi connectivity index (χ0n) is 14.4. The van der Waals surface area contributed by atoms with Crippen LogP contribution in [0.15, 0.2) is 24.3 Å². The van der Waals surface area contributed by atoms with E-state index in [4.69, 9.17) is 0 Å². The number of carbonyl (C=O) groups is 2. The molecule has 1 aromatic carbocycles. The number of aryl methyl sites for hydroxylation is 1. The molecule has 0 aliphatic heterocycles. The normalized spacial score (nSPS) is 17.5. The van der Waals surface area contributed by atoms with Gasteiger partial charge in [0.2, 0.25) is 11.8 Å². The van der Waals surface area contributed by atoms with E-state index in [1.807, 2.05) is 26.0 Å². The van der Waals surface area contributed by atoms with Gasteiger partial charge in [0, 0.05) is 6.54 Å². The molecule has 126 valence electrons. The second-order valence-corrected chi connectivity index (χ2v) is 6.45. The summed E-state index contributed by atoms with van der Waals surface area (Å²) in [7, 11) is 0. The summed E-state index contributed by atoms with van der Waals surface area (Å²) >= 11 is 0. The van der Waals surface area contributed by atoms with Crippen LogP contribution in [0.5, 0.6) is 0 Å². The molecule has 0 bridgehead atoms. The lowest BCUT2D eigenvalue weighted by Crippen LogP contribution is -2.57. The molecular formula is C19H28N2O2. The highest BCUT2D eigenvalue weighted by atomic mass is 16.2. The highest BCUT2D eigenvalue weighted by molar-refractivity contribution is 5.93. The third kappa shape index (κ3) is 3.92. The topological polar surface area (TPSA) is 58.2 Å². The molecule has 0 radical (unpaired) electrons. The van der Waals surface area contributed by atoms with Gasteiger partial charge in [-0.25, -0.2) is 0 Å². The van der Waals surface area contributed by atoms with Gasteiger partial charge in [0.15, 0.2) is 0 Å². The Balaban J connectivity index is 2.10. The Labute approximate surface area is 139 Å². The van der Waals surface area contributed by atoms with E-state index in [2.05, 4.69) is 29.7 Å². The van der Waals surface area contributed by atoms with Gasteiger partial charge in [-0.3, -0.25) is 9.59 Å². The molecule has 1 aliphatic rings. The fourth-order valence-corrected chi connectivity index (χ4v) is 3.25. The van der Waals surface area contributed by atoms with Crippen LogP contribution in [0.3, 0.4) is 0 Å². The Morgan fingerprint density at radius 3 is 2.26 bits per heavy atom. The fourth-order valence-electron chi connectivity index (χ4n) is 3.25. The van der Waals surface area contributed by atoms with Gasteiger partial charge < -0.3 is 10.6 Å². The second kappa shape index (κ2) is 7.62. The lowest BCUT2D eigenvalue weighted by molar-refractivity contribution is -0.133. The first-order valence-electron chi connectivity index (χ1n) is 8.71. The molecule has 1 fully saturated rings. The largest absolute Gasteiger partial charge is 0.354 e. The minimum Gasteiger partial charge on any atom is -0.354 e. The lowest BCUT2D eigenvalue weighted by atomic mass is 9.93. The Morgan fingerprint density at radius 2 is 1.74 bits per heavy atom. The maximum absolute atomic E-state index is 12.7. The first kappa shape index (κ1) is 17.5. The minimum atomic E-state index is -0.718. The number of nitrogens with one attached hydrogen (secondary N) is 2. The molecule has 1 saturated carbocycles. The number of benzene rings is 1. The van der Waals surface area contributed by atoms with Crippen molar-refractivity contribution in [3.8, 4) is 0 Å². The number of hydrogen-bond donors (Lipinski definition) is 2. The summed E-state index contributed by atoms with van der Waals surface area (Å²) in [6.07, 6.45) is 4.41. The van der Waals surface area contributed by atoms with Crippen molar-refractivity contribution in [1.29, 1.82) is 0 Å². The fraction of sp³-hybridized carbons (Fsp3) is 0.579. The number of likely N-dealkylation sites (N-methyl/N-ethyl adjacent to an activating group) is 1. The van der Waals surface area contributed by atoms with Crippen molar-refractivity contribution in [2.75, 3.05) is 6.54 Å². The molecule has 1 aromatic rings. The molecule has 2 N–H and O–H groups in total. The number of amides is 2. The van der Waals surface area contributed by atoms with Crippen LogP contribution < -0.4 is 10.6 Å².